The van der Waals surface area contributed by atoms with E-state index in [9.17, 15) is 4.79 Å². The first-order valence-corrected chi connectivity index (χ1v) is 10.8. The Morgan fingerprint density at radius 2 is 1.67 bits per heavy atom. The minimum atomic E-state index is 0.113. The minimum absolute atomic E-state index is 0.113. The molecule has 0 spiro atoms. The van der Waals surface area contributed by atoms with Gasteiger partial charge in [-0.25, -0.2) is 0 Å². The Bertz CT molecular complexity index is 833. The van der Waals surface area contributed by atoms with Gasteiger partial charge in [0, 0.05) is 31.1 Å². The fourth-order valence-corrected chi connectivity index (χ4v) is 4.07. The Balaban J connectivity index is 1.45. The topological polar surface area (TPSA) is 42.0 Å². The van der Waals surface area contributed by atoms with E-state index in [0.29, 0.717) is 6.54 Å². The summed E-state index contributed by atoms with van der Waals surface area (Å²) in [5.41, 5.74) is 2.39. The molecular formula is C24H31ClN2O3. The summed E-state index contributed by atoms with van der Waals surface area (Å²) in [6.07, 6.45) is 2.61. The highest BCUT2D eigenvalue weighted by Crippen LogP contribution is 2.28. The van der Waals surface area contributed by atoms with Gasteiger partial charge in [-0.1, -0.05) is 29.8 Å². The van der Waals surface area contributed by atoms with Crippen LogP contribution in [0.5, 0.6) is 11.5 Å². The number of hydrogen-bond donors (Lipinski definition) is 0. The van der Waals surface area contributed by atoms with Crippen molar-refractivity contribution in [2.45, 2.75) is 25.8 Å². The van der Waals surface area contributed by atoms with Crippen LogP contribution in [0.3, 0.4) is 0 Å². The van der Waals surface area contributed by atoms with Gasteiger partial charge in [0.1, 0.15) is 0 Å². The summed E-state index contributed by atoms with van der Waals surface area (Å²) in [5.74, 6) is 1.80. The summed E-state index contributed by atoms with van der Waals surface area (Å²) < 4.78 is 10.7. The number of hydrogen-bond acceptors (Lipinski definition) is 4. The first-order valence-electron chi connectivity index (χ1n) is 10.4. The van der Waals surface area contributed by atoms with Crippen LogP contribution in [0.15, 0.2) is 42.5 Å². The average Bonchev–Trinajstić information content (AvgIpc) is 2.78. The summed E-state index contributed by atoms with van der Waals surface area (Å²) in [6, 6.07) is 13.9. The second kappa shape index (κ2) is 10.7. The number of benzene rings is 2. The molecule has 2 aromatic rings. The molecule has 0 aliphatic carbocycles. The fourth-order valence-electron chi connectivity index (χ4n) is 3.94. The van der Waals surface area contributed by atoms with E-state index < -0.39 is 0 Å². The maximum absolute atomic E-state index is 12.9. The number of carbonyl (C=O) groups excluding carboxylic acids is 1. The third kappa shape index (κ3) is 5.89. The molecule has 0 aromatic heterocycles. The molecule has 1 heterocycles. The van der Waals surface area contributed by atoms with Gasteiger partial charge < -0.3 is 14.4 Å². The first-order chi connectivity index (χ1) is 14.5. The second-order valence-corrected chi connectivity index (χ2v) is 8.31. The molecule has 0 unspecified atom stereocenters. The van der Waals surface area contributed by atoms with Crippen molar-refractivity contribution < 1.29 is 14.3 Å². The molecule has 0 bridgehead atoms. The number of ether oxygens (including phenoxy) is 2. The van der Waals surface area contributed by atoms with Crippen molar-refractivity contribution in [2.75, 3.05) is 40.9 Å². The van der Waals surface area contributed by atoms with E-state index >= 15 is 0 Å². The molecule has 30 heavy (non-hydrogen) atoms. The normalized spacial score (nSPS) is 15.1. The monoisotopic (exact) mass is 430 g/mol. The molecule has 0 saturated carbocycles. The maximum Gasteiger partial charge on any atom is 0.225 e. The predicted octanol–water partition coefficient (Wildman–Crippen LogP) is 4.27. The number of carbonyl (C=O) groups is 1. The summed E-state index contributed by atoms with van der Waals surface area (Å²) in [6.45, 7) is 3.50. The summed E-state index contributed by atoms with van der Waals surface area (Å²) >= 11 is 5.96. The third-order valence-electron chi connectivity index (χ3n) is 5.82. The highest BCUT2D eigenvalue weighted by atomic mass is 35.5. The predicted molar refractivity (Wildman–Crippen MR) is 120 cm³/mol. The molecule has 2 aromatic carbocycles. The number of halogens is 1. The van der Waals surface area contributed by atoms with E-state index in [-0.39, 0.29) is 11.8 Å². The summed E-state index contributed by atoms with van der Waals surface area (Å²) in [7, 11) is 5.17. The lowest BCUT2D eigenvalue weighted by atomic mass is 9.95. The molecule has 5 nitrogen and oxygen atoms in total. The van der Waals surface area contributed by atoms with Gasteiger partial charge in [0.15, 0.2) is 11.5 Å². The first kappa shape index (κ1) is 22.4. The number of likely N-dealkylation sites (tertiary alicyclic amines) is 1. The highest BCUT2D eigenvalue weighted by Gasteiger charge is 2.27. The van der Waals surface area contributed by atoms with Crippen molar-refractivity contribution in [3.63, 3.8) is 0 Å². The zero-order valence-corrected chi connectivity index (χ0v) is 18.8. The van der Waals surface area contributed by atoms with Crippen molar-refractivity contribution in [1.29, 1.82) is 0 Å². The Morgan fingerprint density at radius 1 is 1.03 bits per heavy atom. The number of likely N-dealkylation sites (N-methyl/N-ethyl adjacent to an activating group) is 1. The van der Waals surface area contributed by atoms with E-state index in [2.05, 4.69) is 17.0 Å². The number of rotatable bonds is 8. The SMILES string of the molecule is COc1ccc(CCN(C)C(=O)C2CCN(Cc3ccc(Cl)cc3)CC2)cc1OC. The van der Waals surface area contributed by atoms with Gasteiger partial charge >= 0.3 is 0 Å². The van der Waals surface area contributed by atoms with Crippen LogP contribution in [0, 0.1) is 5.92 Å². The lowest BCUT2D eigenvalue weighted by Gasteiger charge is -2.33. The van der Waals surface area contributed by atoms with Gasteiger partial charge in [-0.15, -0.1) is 0 Å². The van der Waals surface area contributed by atoms with Crippen molar-refractivity contribution in [3.8, 4) is 11.5 Å². The van der Waals surface area contributed by atoms with E-state index in [1.165, 1.54) is 5.56 Å². The number of piperidine rings is 1. The molecule has 162 valence electrons. The molecule has 6 heteroatoms. The van der Waals surface area contributed by atoms with Crippen LogP contribution in [-0.4, -0.2) is 56.6 Å². The molecule has 0 radical (unpaired) electrons. The summed E-state index contributed by atoms with van der Waals surface area (Å²) in [4.78, 5) is 17.2. The summed E-state index contributed by atoms with van der Waals surface area (Å²) in [5, 5.41) is 0.763. The largest absolute Gasteiger partial charge is 0.493 e. The van der Waals surface area contributed by atoms with Crippen LogP contribution >= 0.6 is 11.6 Å². The third-order valence-corrected chi connectivity index (χ3v) is 6.07. The van der Waals surface area contributed by atoms with Crippen LogP contribution in [0.25, 0.3) is 0 Å². The maximum atomic E-state index is 12.9. The molecular weight excluding hydrogens is 400 g/mol. The van der Waals surface area contributed by atoms with Crippen LogP contribution in [0.4, 0.5) is 0 Å². The molecule has 1 fully saturated rings. The van der Waals surface area contributed by atoms with Gasteiger partial charge in [-0.05, 0) is 67.7 Å². The van der Waals surface area contributed by atoms with Crippen molar-refractivity contribution >= 4 is 17.5 Å². The molecule has 1 aliphatic heterocycles. The van der Waals surface area contributed by atoms with Gasteiger partial charge in [-0.2, -0.15) is 0 Å². The van der Waals surface area contributed by atoms with Crippen LogP contribution in [-0.2, 0) is 17.8 Å². The van der Waals surface area contributed by atoms with E-state index in [1.807, 2.05) is 42.3 Å². The van der Waals surface area contributed by atoms with Crippen LogP contribution < -0.4 is 9.47 Å². The lowest BCUT2D eigenvalue weighted by molar-refractivity contribution is -0.135. The Hall–Kier alpha value is -2.24. The lowest BCUT2D eigenvalue weighted by Crippen LogP contribution is -2.41. The molecule has 1 amide bonds. The molecule has 0 N–H and O–H groups in total. The van der Waals surface area contributed by atoms with Gasteiger partial charge in [-0.3, -0.25) is 9.69 Å². The van der Waals surface area contributed by atoms with E-state index in [0.717, 1.165) is 61.0 Å². The Morgan fingerprint density at radius 3 is 2.30 bits per heavy atom. The van der Waals surface area contributed by atoms with Gasteiger partial charge in [0.2, 0.25) is 5.91 Å². The second-order valence-electron chi connectivity index (χ2n) is 7.88. The molecule has 1 aliphatic rings. The van der Waals surface area contributed by atoms with Gasteiger partial charge in [0.05, 0.1) is 14.2 Å². The van der Waals surface area contributed by atoms with Crippen molar-refractivity contribution in [2.24, 2.45) is 5.92 Å². The van der Waals surface area contributed by atoms with E-state index in [1.54, 1.807) is 14.2 Å². The molecule has 3 rings (SSSR count). The van der Waals surface area contributed by atoms with E-state index in [4.69, 9.17) is 21.1 Å². The number of nitrogens with zero attached hydrogens (tertiary/aromatic N) is 2. The number of amides is 1. The standard InChI is InChI=1S/C24H31ClN2O3/c1-26(13-10-18-6-9-22(29-2)23(16-18)30-3)24(28)20-11-14-27(15-12-20)17-19-4-7-21(25)8-5-19/h4-9,16,20H,10-15,17H2,1-3H3. The zero-order chi connectivity index (χ0) is 21.5. The Kier molecular flexibility index (Phi) is 8.00. The molecule has 1 saturated heterocycles. The quantitative estimate of drug-likeness (QED) is 0.627. The fraction of sp³-hybridized carbons (Fsp3) is 0.458. The van der Waals surface area contributed by atoms with Crippen LogP contribution in [0.1, 0.15) is 24.0 Å². The smallest absolute Gasteiger partial charge is 0.225 e. The Labute approximate surface area is 184 Å². The zero-order valence-electron chi connectivity index (χ0n) is 18.1. The van der Waals surface area contributed by atoms with Gasteiger partial charge in [0.25, 0.3) is 0 Å². The number of methoxy groups -OCH3 is 2. The average molecular weight is 431 g/mol. The highest BCUT2D eigenvalue weighted by molar-refractivity contribution is 6.30. The van der Waals surface area contributed by atoms with Crippen molar-refractivity contribution in [3.05, 3.63) is 58.6 Å². The molecule has 0 atom stereocenters. The minimum Gasteiger partial charge on any atom is -0.493 e. The van der Waals surface area contributed by atoms with Crippen molar-refractivity contribution in [1.82, 2.24) is 9.80 Å². The van der Waals surface area contributed by atoms with Crippen LogP contribution in [0.2, 0.25) is 5.02 Å².